The van der Waals surface area contributed by atoms with Crippen LogP contribution >= 0.6 is 23.6 Å². The molecule has 1 fully saturated rings. The zero-order valence-corrected chi connectivity index (χ0v) is 18.1. The largest absolute Gasteiger partial charge is 0.353 e. The molecule has 28 heavy (non-hydrogen) atoms. The second-order valence-corrected chi connectivity index (χ2v) is 8.84. The number of nitrogens with zero attached hydrogens (tertiary/aromatic N) is 1. The SMILES string of the molecule is Cc1ccc(CNC(=O)CNC(=S)N(Cc2cccs2)C2CCCCC2)cc1. The number of amides is 1. The van der Waals surface area contributed by atoms with Crippen LogP contribution in [-0.2, 0) is 17.9 Å². The molecule has 0 aliphatic heterocycles. The summed E-state index contributed by atoms with van der Waals surface area (Å²) in [5.74, 6) is -0.0392. The van der Waals surface area contributed by atoms with Gasteiger partial charge in [-0.1, -0.05) is 55.2 Å². The molecule has 1 aromatic carbocycles. The lowest BCUT2D eigenvalue weighted by molar-refractivity contribution is -0.120. The Kier molecular flexibility index (Phi) is 7.86. The molecule has 0 unspecified atom stereocenters. The van der Waals surface area contributed by atoms with E-state index in [9.17, 15) is 4.79 Å². The van der Waals surface area contributed by atoms with E-state index < -0.39 is 0 Å². The van der Waals surface area contributed by atoms with E-state index in [-0.39, 0.29) is 12.5 Å². The maximum atomic E-state index is 12.3. The third kappa shape index (κ3) is 6.31. The minimum absolute atomic E-state index is 0.0392. The monoisotopic (exact) mass is 415 g/mol. The maximum Gasteiger partial charge on any atom is 0.239 e. The summed E-state index contributed by atoms with van der Waals surface area (Å²) in [6, 6.07) is 12.9. The fourth-order valence-electron chi connectivity index (χ4n) is 3.56. The van der Waals surface area contributed by atoms with Gasteiger partial charge in [-0.15, -0.1) is 11.3 Å². The molecule has 2 N–H and O–H groups in total. The van der Waals surface area contributed by atoms with E-state index in [0.717, 1.165) is 12.1 Å². The molecule has 1 aliphatic rings. The van der Waals surface area contributed by atoms with Crippen LogP contribution in [0.15, 0.2) is 41.8 Å². The van der Waals surface area contributed by atoms with E-state index in [0.29, 0.717) is 17.7 Å². The lowest BCUT2D eigenvalue weighted by atomic mass is 9.94. The zero-order valence-electron chi connectivity index (χ0n) is 16.4. The van der Waals surface area contributed by atoms with Gasteiger partial charge in [0.05, 0.1) is 13.1 Å². The molecule has 150 valence electrons. The van der Waals surface area contributed by atoms with Gasteiger partial charge in [-0.25, -0.2) is 0 Å². The predicted molar refractivity (Wildman–Crippen MR) is 120 cm³/mol. The molecular formula is C22H29N3OS2. The molecule has 2 aromatic rings. The number of aryl methyl sites for hydroxylation is 1. The molecule has 1 heterocycles. The molecule has 3 rings (SSSR count). The third-order valence-electron chi connectivity index (χ3n) is 5.19. The van der Waals surface area contributed by atoms with E-state index in [4.69, 9.17) is 12.2 Å². The number of thiophene rings is 1. The molecule has 0 radical (unpaired) electrons. The van der Waals surface area contributed by atoms with E-state index in [1.807, 2.05) is 12.1 Å². The van der Waals surface area contributed by atoms with Gasteiger partial charge in [0.15, 0.2) is 5.11 Å². The van der Waals surface area contributed by atoms with Crippen LogP contribution in [0.4, 0.5) is 0 Å². The minimum Gasteiger partial charge on any atom is -0.353 e. The second-order valence-electron chi connectivity index (χ2n) is 7.42. The van der Waals surface area contributed by atoms with Crippen molar-refractivity contribution in [3.63, 3.8) is 0 Å². The van der Waals surface area contributed by atoms with Crippen LogP contribution in [0.25, 0.3) is 0 Å². The summed E-state index contributed by atoms with van der Waals surface area (Å²) in [6.45, 7) is 3.62. The first-order valence-corrected chi connectivity index (χ1v) is 11.3. The molecule has 0 spiro atoms. The second kappa shape index (κ2) is 10.6. The highest BCUT2D eigenvalue weighted by atomic mass is 32.1. The van der Waals surface area contributed by atoms with Gasteiger partial charge in [0.2, 0.25) is 5.91 Å². The van der Waals surface area contributed by atoms with Gasteiger partial charge in [0, 0.05) is 17.5 Å². The van der Waals surface area contributed by atoms with Crippen molar-refractivity contribution in [3.8, 4) is 0 Å². The van der Waals surface area contributed by atoms with E-state index in [1.54, 1.807) is 11.3 Å². The first-order valence-electron chi connectivity index (χ1n) is 10.0. The fraction of sp³-hybridized carbons (Fsp3) is 0.455. The molecular weight excluding hydrogens is 386 g/mol. The van der Waals surface area contributed by atoms with Gasteiger partial charge in [-0.2, -0.15) is 0 Å². The smallest absolute Gasteiger partial charge is 0.239 e. The Morgan fingerprint density at radius 2 is 1.89 bits per heavy atom. The van der Waals surface area contributed by atoms with Crippen molar-refractivity contribution in [2.24, 2.45) is 0 Å². The standard InChI is InChI=1S/C22H29N3OS2/c1-17-9-11-18(12-10-17)14-23-21(26)15-24-22(27)25(16-20-8-5-13-28-20)19-6-3-2-4-7-19/h5,8-13,19H,2-4,6-7,14-16H2,1H3,(H,23,26)(H,24,27). The average Bonchev–Trinajstić information content (AvgIpc) is 3.24. The van der Waals surface area contributed by atoms with Crippen molar-refractivity contribution < 1.29 is 4.79 Å². The topological polar surface area (TPSA) is 44.4 Å². The zero-order chi connectivity index (χ0) is 19.8. The molecule has 0 saturated heterocycles. The molecule has 4 nitrogen and oxygen atoms in total. The molecule has 1 aliphatic carbocycles. The van der Waals surface area contributed by atoms with Crippen LogP contribution in [0.5, 0.6) is 0 Å². The van der Waals surface area contributed by atoms with Crippen LogP contribution in [-0.4, -0.2) is 28.5 Å². The molecule has 1 aromatic heterocycles. The first kappa shape index (κ1) is 20.8. The lowest BCUT2D eigenvalue weighted by Gasteiger charge is -2.36. The Hall–Kier alpha value is -1.92. The van der Waals surface area contributed by atoms with Gasteiger partial charge < -0.3 is 15.5 Å². The van der Waals surface area contributed by atoms with Crippen LogP contribution in [0.3, 0.4) is 0 Å². The molecule has 1 saturated carbocycles. The van der Waals surface area contributed by atoms with E-state index in [2.05, 4.69) is 52.1 Å². The predicted octanol–water partition coefficient (Wildman–Crippen LogP) is 4.38. The number of benzene rings is 1. The summed E-state index contributed by atoms with van der Waals surface area (Å²) in [4.78, 5) is 15.8. The van der Waals surface area contributed by atoms with Crippen LogP contribution in [0, 0.1) is 6.92 Å². The highest BCUT2D eigenvalue weighted by molar-refractivity contribution is 7.80. The van der Waals surface area contributed by atoms with Gasteiger partial charge in [-0.3, -0.25) is 4.79 Å². The maximum absolute atomic E-state index is 12.3. The number of nitrogens with one attached hydrogen (secondary N) is 2. The van der Waals surface area contributed by atoms with Gasteiger partial charge in [-0.05, 0) is 49.0 Å². The number of rotatable bonds is 7. The van der Waals surface area contributed by atoms with Crippen molar-refractivity contribution in [2.75, 3.05) is 6.54 Å². The number of carbonyl (C=O) groups is 1. The quantitative estimate of drug-likeness (QED) is 0.659. The van der Waals surface area contributed by atoms with E-state index >= 15 is 0 Å². The Labute approximate surface area is 177 Å². The third-order valence-corrected chi connectivity index (χ3v) is 6.43. The van der Waals surface area contributed by atoms with Gasteiger partial charge in [0.1, 0.15) is 0 Å². The molecule has 1 amide bonds. The van der Waals surface area contributed by atoms with Crippen molar-refractivity contribution >= 4 is 34.6 Å². The summed E-state index contributed by atoms with van der Waals surface area (Å²) < 4.78 is 0. The Morgan fingerprint density at radius 1 is 1.14 bits per heavy atom. The van der Waals surface area contributed by atoms with Crippen molar-refractivity contribution in [2.45, 2.75) is 58.2 Å². The normalized spacial score (nSPS) is 14.5. The number of carbonyl (C=O) groups excluding carboxylic acids is 1. The summed E-state index contributed by atoms with van der Waals surface area (Å²) in [7, 11) is 0. The summed E-state index contributed by atoms with van der Waals surface area (Å²) in [5, 5.41) is 8.93. The Bertz CT molecular complexity index is 753. The van der Waals surface area contributed by atoms with Crippen molar-refractivity contribution in [1.82, 2.24) is 15.5 Å². The van der Waals surface area contributed by atoms with Gasteiger partial charge >= 0.3 is 0 Å². The van der Waals surface area contributed by atoms with Crippen molar-refractivity contribution in [1.29, 1.82) is 0 Å². The fourth-order valence-corrected chi connectivity index (χ4v) is 4.54. The summed E-state index contributed by atoms with van der Waals surface area (Å²) >= 11 is 7.43. The summed E-state index contributed by atoms with van der Waals surface area (Å²) in [5.41, 5.74) is 2.32. The molecule has 0 atom stereocenters. The summed E-state index contributed by atoms with van der Waals surface area (Å²) in [6.07, 6.45) is 6.17. The van der Waals surface area contributed by atoms with Crippen LogP contribution < -0.4 is 10.6 Å². The minimum atomic E-state index is -0.0392. The highest BCUT2D eigenvalue weighted by Gasteiger charge is 2.24. The molecule has 6 heteroatoms. The number of hydrogen-bond donors (Lipinski definition) is 2. The Balaban J connectivity index is 1.50. The van der Waals surface area contributed by atoms with Crippen LogP contribution in [0.1, 0.15) is 48.1 Å². The highest BCUT2D eigenvalue weighted by Crippen LogP contribution is 2.25. The van der Waals surface area contributed by atoms with Gasteiger partial charge in [0.25, 0.3) is 0 Å². The lowest BCUT2D eigenvalue weighted by Crippen LogP contribution is -2.48. The van der Waals surface area contributed by atoms with Crippen LogP contribution in [0.2, 0.25) is 0 Å². The average molecular weight is 416 g/mol. The molecule has 0 bridgehead atoms. The first-order chi connectivity index (χ1) is 13.6. The number of thiocarbonyl (C=S) groups is 1. The van der Waals surface area contributed by atoms with E-state index in [1.165, 1.54) is 42.5 Å². The van der Waals surface area contributed by atoms with Crippen molar-refractivity contribution in [3.05, 3.63) is 57.8 Å². The Morgan fingerprint density at radius 3 is 2.57 bits per heavy atom. The number of hydrogen-bond acceptors (Lipinski definition) is 3.